The first-order valence-electron chi connectivity index (χ1n) is 8.93. The van der Waals surface area contributed by atoms with Crippen molar-refractivity contribution < 1.29 is 9.13 Å². The van der Waals surface area contributed by atoms with Gasteiger partial charge in [-0.05, 0) is 36.2 Å². The lowest BCUT2D eigenvalue weighted by atomic mass is 10.1. The highest BCUT2D eigenvalue weighted by atomic mass is 35.5. The van der Waals surface area contributed by atoms with Crippen molar-refractivity contribution in [1.29, 1.82) is 10.5 Å². The highest BCUT2D eigenvalue weighted by Crippen LogP contribution is 2.28. The maximum Gasteiger partial charge on any atom is 0.229 e. The number of hydrogen-bond donors (Lipinski definition) is 2. The van der Waals surface area contributed by atoms with Gasteiger partial charge >= 0.3 is 0 Å². The van der Waals surface area contributed by atoms with E-state index >= 15 is 0 Å². The summed E-state index contributed by atoms with van der Waals surface area (Å²) >= 11 is 6.20. The second-order valence-electron chi connectivity index (χ2n) is 6.08. The summed E-state index contributed by atoms with van der Waals surface area (Å²) in [7, 11) is 0. The summed E-state index contributed by atoms with van der Waals surface area (Å²) in [6.07, 6.45) is 1.68. The molecule has 1 heterocycles. The van der Waals surface area contributed by atoms with Crippen LogP contribution < -0.4 is 15.4 Å². The molecule has 0 spiro atoms. The lowest BCUT2D eigenvalue weighted by molar-refractivity contribution is 0.368. The van der Waals surface area contributed by atoms with Crippen LogP contribution in [-0.4, -0.2) is 16.6 Å². The zero-order chi connectivity index (χ0) is 21.5. The summed E-state index contributed by atoms with van der Waals surface area (Å²) in [6, 6.07) is 14.0. The average Bonchev–Trinajstić information content (AvgIpc) is 2.76. The quantitative estimate of drug-likeness (QED) is 0.545. The third kappa shape index (κ3) is 4.93. The fraction of sp³-hybridized carbons (Fsp3) is 0.143. The molecule has 2 N–H and O–H groups in total. The molecule has 0 bridgehead atoms. The van der Waals surface area contributed by atoms with Crippen LogP contribution in [0.25, 0.3) is 0 Å². The van der Waals surface area contributed by atoms with Gasteiger partial charge in [-0.2, -0.15) is 15.5 Å². The largest absolute Gasteiger partial charge is 0.479 e. The first-order valence-corrected chi connectivity index (χ1v) is 9.30. The first-order chi connectivity index (χ1) is 14.5. The molecule has 0 saturated carbocycles. The molecule has 0 atom stereocenters. The van der Waals surface area contributed by atoms with Gasteiger partial charge in [-0.25, -0.2) is 9.37 Å². The Kier molecular flexibility index (Phi) is 6.63. The van der Waals surface area contributed by atoms with Gasteiger partial charge in [0.15, 0.2) is 18.2 Å². The van der Waals surface area contributed by atoms with E-state index in [4.69, 9.17) is 21.6 Å². The molecule has 3 aromatic rings. The summed E-state index contributed by atoms with van der Waals surface area (Å²) in [5.41, 5.74) is 2.22. The molecule has 9 heteroatoms. The summed E-state index contributed by atoms with van der Waals surface area (Å²) < 4.78 is 19.5. The van der Waals surface area contributed by atoms with Crippen molar-refractivity contribution in [2.75, 3.05) is 17.2 Å². The van der Waals surface area contributed by atoms with Crippen molar-refractivity contribution in [2.24, 2.45) is 0 Å². The van der Waals surface area contributed by atoms with E-state index < -0.39 is 5.82 Å². The van der Waals surface area contributed by atoms with Crippen molar-refractivity contribution in [1.82, 2.24) is 9.97 Å². The van der Waals surface area contributed by atoms with Gasteiger partial charge in [-0.1, -0.05) is 24.6 Å². The molecule has 0 fully saturated rings. The van der Waals surface area contributed by atoms with Crippen LogP contribution >= 0.6 is 11.6 Å². The number of ether oxygens (including phenoxy) is 1. The summed E-state index contributed by atoms with van der Waals surface area (Å²) in [6.45, 7) is 1.84. The molecule has 0 saturated heterocycles. The van der Waals surface area contributed by atoms with E-state index in [1.165, 1.54) is 0 Å². The Morgan fingerprint density at radius 3 is 2.73 bits per heavy atom. The highest BCUT2D eigenvalue weighted by Gasteiger charge is 2.11. The van der Waals surface area contributed by atoms with Crippen molar-refractivity contribution in [3.05, 3.63) is 64.6 Å². The van der Waals surface area contributed by atoms with Gasteiger partial charge in [0.2, 0.25) is 5.95 Å². The minimum Gasteiger partial charge on any atom is -0.479 e. The van der Waals surface area contributed by atoms with Crippen molar-refractivity contribution in [3.8, 4) is 17.9 Å². The number of nitrogens with zero attached hydrogens (tertiary/aromatic N) is 4. The minimum atomic E-state index is -0.646. The number of benzene rings is 2. The van der Waals surface area contributed by atoms with E-state index in [-0.39, 0.29) is 18.4 Å². The molecule has 2 aromatic carbocycles. The van der Waals surface area contributed by atoms with Gasteiger partial charge in [-0.3, -0.25) is 0 Å². The number of anilines is 4. The Labute approximate surface area is 177 Å². The Hall–Kier alpha value is -3.88. The highest BCUT2D eigenvalue weighted by molar-refractivity contribution is 6.32. The maximum absolute atomic E-state index is 14.2. The van der Waals surface area contributed by atoms with Crippen LogP contribution in [0.1, 0.15) is 18.1 Å². The van der Waals surface area contributed by atoms with Crippen LogP contribution in [0.3, 0.4) is 0 Å². The smallest absolute Gasteiger partial charge is 0.229 e. The third-order valence-corrected chi connectivity index (χ3v) is 4.50. The van der Waals surface area contributed by atoms with E-state index in [0.717, 1.165) is 11.8 Å². The number of aryl methyl sites for hydroxylation is 1. The number of nitriles is 2. The molecule has 30 heavy (non-hydrogen) atoms. The Bertz CT molecular complexity index is 1160. The zero-order valence-corrected chi connectivity index (χ0v) is 16.7. The molecule has 150 valence electrons. The number of aromatic nitrogens is 2. The first kappa shape index (κ1) is 20.8. The fourth-order valence-corrected chi connectivity index (χ4v) is 2.94. The average molecular weight is 423 g/mol. The van der Waals surface area contributed by atoms with Crippen molar-refractivity contribution in [2.45, 2.75) is 13.3 Å². The molecule has 7 nitrogen and oxygen atoms in total. The molecule has 0 amide bonds. The Morgan fingerprint density at radius 1 is 1.17 bits per heavy atom. The summed E-state index contributed by atoms with van der Waals surface area (Å²) in [5, 5.41) is 24.1. The standard InChI is InChI=1S/C21H16ClFN6O/c1-2-13-8-16(9-14(11-25)19(13)22)28-21-26-12-18(23)20(29-21)27-15-4-3-5-17(10-15)30-7-6-24/h3-5,8-10,12H,2,7H2,1H3,(H2,26,27,28,29). The van der Waals surface area contributed by atoms with Crippen LogP contribution in [0.5, 0.6) is 5.75 Å². The monoisotopic (exact) mass is 422 g/mol. The van der Waals surface area contributed by atoms with E-state index in [2.05, 4.69) is 26.7 Å². The van der Waals surface area contributed by atoms with Crippen LogP contribution in [0.2, 0.25) is 5.02 Å². The molecule has 0 aliphatic heterocycles. The molecule has 0 radical (unpaired) electrons. The van der Waals surface area contributed by atoms with E-state index in [1.807, 2.05) is 13.0 Å². The lowest BCUT2D eigenvalue weighted by Gasteiger charge is -2.12. The molecular weight excluding hydrogens is 407 g/mol. The Balaban J connectivity index is 1.84. The fourth-order valence-electron chi connectivity index (χ4n) is 2.66. The van der Waals surface area contributed by atoms with Gasteiger partial charge < -0.3 is 15.4 Å². The summed E-state index contributed by atoms with van der Waals surface area (Å²) in [5.74, 6) is -0.0854. The minimum absolute atomic E-state index is 0.0462. The number of hydrogen-bond acceptors (Lipinski definition) is 7. The van der Waals surface area contributed by atoms with E-state index in [0.29, 0.717) is 34.1 Å². The van der Waals surface area contributed by atoms with E-state index in [1.54, 1.807) is 36.4 Å². The SMILES string of the molecule is CCc1cc(Nc2ncc(F)c(Nc3cccc(OCC#N)c3)n2)cc(C#N)c1Cl. The van der Waals surface area contributed by atoms with Gasteiger partial charge in [0.1, 0.15) is 17.9 Å². The van der Waals surface area contributed by atoms with Gasteiger partial charge in [0.25, 0.3) is 0 Å². The summed E-state index contributed by atoms with van der Waals surface area (Å²) in [4.78, 5) is 8.12. The Morgan fingerprint density at radius 2 is 2.00 bits per heavy atom. The predicted octanol–water partition coefficient (Wildman–Crippen LogP) is 5.09. The second-order valence-corrected chi connectivity index (χ2v) is 6.46. The van der Waals surface area contributed by atoms with E-state index in [9.17, 15) is 9.65 Å². The molecular formula is C21H16ClFN6O. The predicted molar refractivity (Wildman–Crippen MR) is 112 cm³/mol. The molecule has 1 aromatic heterocycles. The normalized spacial score (nSPS) is 10.0. The third-order valence-electron chi connectivity index (χ3n) is 4.05. The van der Waals surface area contributed by atoms with Gasteiger partial charge in [0, 0.05) is 17.4 Å². The number of halogens is 2. The maximum atomic E-state index is 14.2. The molecule has 3 rings (SSSR count). The molecule has 0 aliphatic rings. The number of nitrogens with one attached hydrogen (secondary N) is 2. The number of rotatable bonds is 7. The van der Waals surface area contributed by atoms with Crippen LogP contribution in [0, 0.1) is 28.5 Å². The topological polar surface area (TPSA) is 107 Å². The van der Waals surface area contributed by atoms with Crippen molar-refractivity contribution >= 4 is 34.7 Å². The lowest BCUT2D eigenvalue weighted by Crippen LogP contribution is -2.04. The molecule has 0 aliphatic carbocycles. The zero-order valence-electron chi connectivity index (χ0n) is 15.9. The van der Waals surface area contributed by atoms with Gasteiger partial charge in [0.05, 0.1) is 16.8 Å². The second kappa shape index (κ2) is 9.55. The van der Waals surface area contributed by atoms with Crippen LogP contribution in [-0.2, 0) is 6.42 Å². The van der Waals surface area contributed by atoms with Gasteiger partial charge in [-0.15, -0.1) is 0 Å². The van der Waals surface area contributed by atoms with Crippen LogP contribution in [0.4, 0.5) is 27.5 Å². The van der Waals surface area contributed by atoms with Crippen LogP contribution in [0.15, 0.2) is 42.6 Å². The van der Waals surface area contributed by atoms with Crippen molar-refractivity contribution in [3.63, 3.8) is 0 Å². The molecule has 0 unspecified atom stereocenters.